The molecule has 1 saturated carbocycles. The van der Waals surface area contributed by atoms with Crippen LogP contribution in [0.5, 0.6) is 6.01 Å². The van der Waals surface area contributed by atoms with Gasteiger partial charge in [0, 0.05) is 42.0 Å². The lowest BCUT2D eigenvalue weighted by Crippen LogP contribution is -2.43. The molecule has 2 aromatic rings. The Balaban J connectivity index is 1.32. The van der Waals surface area contributed by atoms with Crippen molar-refractivity contribution >= 4 is 11.3 Å². The molecule has 0 atom stereocenters. The van der Waals surface area contributed by atoms with Gasteiger partial charge in [0.2, 0.25) is 0 Å². The number of nitriles is 1. The number of ether oxygens (including phenoxy) is 1. The van der Waals surface area contributed by atoms with Crippen molar-refractivity contribution in [3.8, 4) is 22.5 Å². The van der Waals surface area contributed by atoms with Gasteiger partial charge in [0.05, 0.1) is 0 Å². The maximum atomic E-state index is 8.92. The number of aromatic nitrogens is 2. The Hall–Kier alpha value is -1.97. The van der Waals surface area contributed by atoms with E-state index < -0.39 is 0 Å². The highest BCUT2D eigenvalue weighted by molar-refractivity contribution is 7.16. The lowest BCUT2D eigenvalue weighted by molar-refractivity contribution is 0.0710. The van der Waals surface area contributed by atoms with E-state index >= 15 is 0 Å². The van der Waals surface area contributed by atoms with Gasteiger partial charge in [-0.3, -0.25) is 0 Å². The van der Waals surface area contributed by atoms with E-state index in [4.69, 9.17) is 10.00 Å². The Bertz CT molecular complexity index is 738. The van der Waals surface area contributed by atoms with Crippen molar-refractivity contribution < 1.29 is 4.74 Å². The molecule has 2 aromatic heterocycles. The van der Waals surface area contributed by atoms with E-state index in [0.29, 0.717) is 10.9 Å². The van der Waals surface area contributed by atoms with E-state index in [9.17, 15) is 0 Å². The van der Waals surface area contributed by atoms with Crippen molar-refractivity contribution in [2.45, 2.75) is 50.7 Å². The first kappa shape index (κ1) is 16.5. The Labute approximate surface area is 152 Å². The Kier molecular flexibility index (Phi) is 4.95. The minimum Gasteiger partial charge on any atom is -0.460 e. The average Bonchev–Trinajstić information content (AvgIpc) is 3.35. The van der Waals surface area contributed by atoms with Crippen molar-refractivity contribution in [3.63, 3.8) is 0 Å². The second-order valence-electron chi connectivity index (χ2n) is 6.82. The molecule has 130 valence electrons. The van der Waals surface area contributed by atoms with Gasteiger partial charge in [0.1, 0.15) is 17.1 Å². The molecule has 1 aliphatic carbocycles. The Morgan fingerprint density at radius 2 is 1.80 bits per heavy atom. The first-order valence-electron chi connectivity index (χ1n) is 9.05. The molecular weight excluding hydrogens is 332 g/mol. The highest BCUT2D eigenvalue weighted by Gasteiger charge is 2.28. The number of thiophene rings is 1. The monoisotopic (exact) mass is 354 g/mol. The smallest absolute Gasteiger partial charge is 0.316 e. The predicted octanol–water partition coefficient (Wildman–Crippen LogP) is 3.86. The third-order valence-corrected chi connectivity index (χ3v) is 6.26. The molecule has 0 amide bonds. The summed E-state index contributed by atoms with van der Waals surface area (Å²) in [6, 6.07) is 7.17. The van der Waals surface area contributed by atoms with Crippen molar-refractivity contribution in [2.75, 3.05) is 13.1 Å². The molecule has 0 spiro atoms. The van der Waals surface area contributed by atoms with Gasteiger partial charge in [0.25, 0.3) is 0 Å². The molecule has 0 bridgehead atoms. The zero-order chi connectivity index (χ0) is 17.1. The molecule has 2 fully saturated rings. The molecule has 0 radical (unpaired) electrons. The van der Waals surface area contributed by atoms with Crippen LogP contribution < -0.4 is 4.74 Å². The van der Waals surface area contributed by atoms with E-state index in [0.717, 1.165) is 42.4 Å². The van der Waals surface area contributed by atoms with Gasteiger partial charge in [-0.15, -0.1) is 11.3 Å². The number of nitrogens with zero attached hydrogens (tertiary/aromatic N) is 4. The first-order chi connectivity index (χ1) is 12.3. The van der Waals surface area contributed by atoms with Gasteiger partial charge in [0.15, 0.2) is 0 Å². The van der Waals surface area contributed by atoms with Crippen molar-refractivity contribution in [2.24, 2.45) is 0 Å². The summed E-state index contributed by atoms with van der Waals surface area (Å²) in [6.45, 7) is 2.25. The summed E-state index contributed by atoms with van der Waals surface area (Å²) in [6.07, 6.45) is 11.4. The molecular formula is C19H22N4OS. The number of hydrogen-bond acceptors (Lipinski definition) is 6. The second kappa shape index (κ2) is 7.51. The van der Waals surface area contributed by atoms with Crippen LogP contribution in [-0.4, -0.2) is 40.1 Å². The molecule has 2 aliphatic rings. The van der Waals surface area contributed by atoms with Crippen LogP contribution in [0.1, 0.15) is 43.4 Å². The third-order valence-electron chi connectivity index (χ3n) is 5.22. The maximum Gasteiger partial charge on any atom is 0.316 e. The van der Waals surface area contributed by atoms with Crippen molar-refractivity contribution in [1.29, 1.82) is 5.26 Å². The van der Waals surface area contributed by atoms with Gasteiger partial charge in [-0.1, -0.05) is 12.8 Å². The molecule has 1 aliphatic heterocycles. The second-order valence-corrected chi connectivity index (χ2v) is 7.91. The summed E-state index contributed by atoms with van der Waals surface area (Å²) >= 11 is 1.45. The molecule has 0 aromatic carbocycles. The van der Waals surface area contributed by atoms with Crippen LogP contribution in [0.15, 0.2) is 24.5 Å². The fourth-order valence-electron chi connectivity index (χ4n) is 3.83. The predicted molar refractivity (Wildman–Crippen MR) is 97.5 cm³/mol. The van der Waals surface area contributed by atoms with Crippen LogP contribution in [0.3, 0.4) is 0 Å². The number of hydrogen-bond donors (Lipinski definition) is 0. The van der Waals surface area contributed by atoms with Crippen LogP contribution in [-0.2, 0) is 0 Å². The van der Waals surface area contributed by atoms with Crippen LogP contribution in [0.25, 0.3) is 10.4 Å². The van der Waals surface area contributed by atoms with E-state index in [1.54, 1.807) is 12.4 Å². The minimum atomic E-state index is 0.218. The van der Waals surface area contributed by atoms with Gasteiger partial charge >= 0.3 is 6.01 Å². The molecule has 4 rings (SSSR count). The van der Waals surface area contributed by atoms with Gasteiger partial charge in [-0.25, -0.2) is 9.97 Å². The largest absolute Gasteiger partial charge is 0.460 e. The Morgan fingerprint density at radius 1 is 1.08 bits per heavy atom. The molecule has 0 unspecified atom stereocenters. The summed E-state index contributed by atoms with van der Waals surface area (Å²) in [4.78, 5) is 13.1. The number of likely N-dealkylation sites (tertiary alicyclic amines) is 1. The lowest BCUT2D eigenvalue weighted by Gasteiger charge is -2.35. The fraction of sp³-hybridized carbons (Fsp3) is 0.526. The highest BCUT2D eigenvalue weighted by Crippen LogP contribution is 2.28. The van der Waals surface area contributed by atoms with E-state index in [1.165, 1.54) is 37.0 Å². The number of rotatable bonds is 4. The van der Waals surface area contributed by atoms with Gasteiger partial charge in [-0.05, 0) is 37.8 Å². The molecule has 0 N–H and O–H groups in total. The van der Waals surface area contributed by atoms with Crippen LogP contribution >= 0.6 is 11.3 Å². The summed E-state index contributed by atoms with van der Waals surface area (Å²) in [7, 11) is 0. The van der Waals surface area contributed by atoms with E-state index in [2.05, 4.69) is 20.9 Å². The average molecular weight is 354 g/mol. The van der Waals surface area contributed by atoms with Crippen molar-refractivity contribution in [3.05, 3.63) is 29.4 Å². The van der Waals surface area contributed by atoms with Crippen LogP contribution in [0.2, 0.25) is 0 Å². The third kappa shape index (κ3) is 3.83. The zero-order valence-corrected chi connectivity index (χ0v) is 15.0. The number of piperidine rings is 1. The summed E-state index contributed by atoms with van der Waals surface area (Å²) in [5.74, 6) is 0. The maximum absolute atomic E-state index is 8.92. The lowest BCUT2D eigenvalue weighted by atomic mass is 10.0. The van der Waals surface area contributed by atoms with E-state index in [-0.39, 0.29) is 6.10 Å². The molecule has 5 nitrogen and oxygen atoms in total. The molecule has 1 saturated heterocycles. The van der Waals surface area contributed by atoms with Gasteiger partial charge < -0.3 is 9.64 Å². The minimum absolute atomic E-state index is 0.218. The quantitative estimate of drug-likeness (QED) is 0.834. The molecule has 25 heavy (non-hydrogen) atoms. The van der Waals surface area contributed by atoms with Crippen molar-refractivity contribution in [1.82, 2.24) is 14.9 Å². The highest BCUT2D eigenvalue weighted by atomic mass is 32.1. The van der Waals surface area contributed by atoms with Crippen LogP contribution in [0.4, 0.5) is 0 Å². The topological polar surface area (TPSA) is 62.0 Å². The standard InChI is InChI=1S/C19H22N4OS/c20-11-17-5-6-18(25-17)14-12-21-19(22-13-14)24-16-7-9-23(10-8-16)15-3-1-2-4-15/h5-6,12-13,15-16H,1-4,7-10H2. The summed E-state index contributed by atoms with van der Waals surface area (Å²) < 4.78 is 5.99. The summed E-state index contributed by atoms with van der Waals surface area (Å²) in [5, 5.41) is 8.92. The van der Waals surface area contributed by atoms with Gasteiger partial charge in [-0.2, -0.15) is 5.26 Å². The molecule has 3 heterocycles. The van der Waals surface area contributed by atoms with E-state index in [1.807, 2.05) is 12.1 Å². The summed E-state index contributed by atoms with van der Waals surface area (Å²) in [5.41, 5.74) is 0.926. The Morgan fingerprint density at radius 3 is 2.44 bits per heavy atom. The fourth-order valence-corrected chi connectivity index (χ4v) is 4.61. The molecule has 6 heteroatoms. The van der Waals surface area contributed by atoms with Crippen LogP contribution in [0, 0.1) is 11.3 Å². The zero-order valence-electron chi connectivity index (χ0n) is 14.2. The SMILES string of the molecule is N#Cc1ccc(-c2cnc(OC3CCN(C4CCCC4)CC3)nc2)s1. The normalized spacial score (nSPS) is 19.8. The first-order valence-corrected chi connectivity index (χ1v) is 9.86.